The summed E-state index contributed by atoms with van der Waals surface area (Å²) in [6, 6.07) is 4.61. The molecule has 1 heterocycles. The van der Waals surface area contributed by atoms with Crippen LogP contribution in [0, 0.1) is 6.92 Å². The summed E-state index contributed by atoms with van der Waals surface area (Å²) in [4.78, 5) is 50.2. The predicted molar refractivity (Wildman–Crippen MR) is 85.6 cm³/mol. The summed E-state index contributed by atoms with van der Waals surface area (Å²) in [6.07, 6.45) is 0.570. The van der Waals surface area contributed by atoms with Crippen LogP contribution >= 0.6 is 0 Å². The third-order valence-electron chi connectivity index (χ3n) is 4.17. The zero-order valence-electron chi connectivity index (χ0n) is 13.9. The molecule has 0 spiro atoms. The van der Waals surface area contributed by atoms with Gasteiger partial charge in [-0.3, -0.25) is 24.1 Å². The van der Waals surface area contributed by atoms with Crippen LogP contribution in [0.3, 0.4) is 0 Å². The van der Waals surface area contributed by atoms with Crippen molar-refractivity contribution in [3.05, 3.63) is 34.9 Å². The number of aryl methyl sites for hydroxylation is 1. The average molecular weight is 332 g/mol. The SMILES string of the molecule is CCC(C)N(CC(=O)O)C(=O)CN1C(=O)c2ccc(C)cc2C1=O. The maximum absolute atomic E-state index is 12.5. The number of carboxylic acid groups (broad SMARTS) is 1. The summed E-state index contributed by atoms with van der Waals surface area (Å²) in [5.41, 5.74) is 1.39. The van der Waals surface area contributed by atoms with E-state index in [0.29, 0.717) is 6.42 Å². The molecule has 1 aromatic carbocycles. The van der Waals surface area contributed by atoms with Crippen LogP contribution in [0.4, 0.5) is 0 Å². The fourth-order valence-corrected chi connectivity index (χ4v) is 2.63. The number of hydrogen-bond donors (Lipinski definition) is 1. The Morgan fingerprint density at radius 1 is 1.21 bits per heavy atom. The molecule has 2 rings (SSSR count). The number of carbonyl (C=O) groups is 4. The number of hydrogen-bond acceptors (Lipinski definition) is 4. The van der Waals surface area contributed by atoms with Crippen LogP contribution < -0.4 is 0 Å². The van der Waals surface area contributed by atoms with E-state index in [9.17, 15) is 19.2 Å². The van der Waals surface area contributed by atoms with E-state index in [1.807, 2.05) is 13.8 Å². The third-order valence-corrected chi connectivity index (χ3v) is 4.17. The summed E-state index contributed by atoms with van der Waals surface area (Å²) in [6.45, 7) is 4.45. The molecule has 24 heavy (non-hydrogen) atoms. The Morgan fingerprint density at radius 3 is 2.42 bits per heavy atom. The number of fused-ring (bicyclic) bond motifs is 1. The minimum Gasteiger partial charge on any atom is -0.480 e. The van der Waals surface area contributed by atoms with E-state index < -0.39 is 36.8 Å². The third kappa shape index (κ3) is 3.29. The van der Waals surface area contributed by atoms with Crippen LogP contribution in [-0.4, -0.2) is 57.7 Å². The minimum absolute atomic E-state index is 0.270. The molecule has 0 fully saturated rings. The lowest BCUT2D eigenvalue weighted by molar-refractivity contribution is -0.146. The highest BCUT2D eigenvalue weighted by Gasteiger charge is 2.38. The molecule has 1 atom stereocenters. The van der Waals surface area contributed by atoms with E-state index in [2.05, 4.69) is 0 Å². The first-order valence-electron chi connectivity index (χ1n) is 7.74. The predicted octanol–water partition coefficient (Wildman–Crippen LogP) is 1.30. The number of imide groups is 1. The summed E-state index contributed by atoms with van der Waals surface area (Å²) in [7, 11) is 0. The number of benzene rings is 1. The largest absolute Gasteiger partial charge is 0.480 e. The molecule has 7 nitrogen and oxygen atoms in total. The maximum Gasteiger partial charge on any atom is 0.323 e. The molecule has 7 heteroatoms. The van der Waals surface area contributed by atoms with Gasteiger partial charge in [0.15, 0.2) is 0 Å². The van der Waals surface area contributed by atoms with Crippen LogP contribution in [0.1, 0.15) is 46.5 Å². The Balaban J connectivity index is 2.21. The summed E-state index contributed by atoms with van der Waals surface area (Å²) >= 11 is 0. The highest BCUT2D eigenvalue weighted by atomic mass is 16.4. The highest BCUT2D eigenvalue weighted by molar-refractivity contribution is 6.22. The molecule has 0 aliphatic carbocycles. The van der Waals surface area contributed by atoms with Crippen molar-refractivity contribution < 1.29 is 24.3 Å². The molecule has 3 amide bonds. The van der Waals surface area contributed by atoms with Crippen molar-refractivity contribution in [2.45, 2.75) is 33.2 Å². The van der Waals surface area contributed by atoms with Gasteiger partial charge in [0, 0.05) is 6.04 Å². The number of carbonyl (C=O) groups excluding carboxylic acids is 3. The van der Waals surface area contributed by atoms with Crippen molar-refractivity contribution in [3.63, 3.8) is 0 Å². The normalized spacial score (nSPS) is 14.5. The quantitative estimate of drug-likeness (QED) is 0.792. The molecular formula is C17H20N2O5. The van der Waals surface area contributed by atoms with E-state index in [1.165, 1.54) is 4.90 Å². The van der Waals surface area contributed by atoms with Gasteiger partial charge in [-0.05, 0) is 32.4 Å². The monoisotopic (exact) mass is 332 g/mol. The van der Waals surface area contributed by atoms with E-state index in [0.717, 1.165) is 10.5 Å². The van der Waals surface area contributed by atoms with E-state index in [4.69, 9.17) is 5.11 Å². The van der Waals surface area contributed by atoms with Crippen LogP contribution in [-0.2, 0) is 9.59 Å². The van der Waals surface area contributed by atoms with Gasteiger partial charge in [0.05, 0.1) is 11.1 Å². The number of aliphatic carboxylic acids is 1. The Kier molecular flexibility index (Phi) is 5.02. The Hall–Kier alpha value is -2.70. The minimum atomic E-state index is -1.14. The zero-order chi connectivity index (χ0) is 18.0. The van der Waals surface area contributed by atoms with E-state index in [-0.39, 0.29) is 17.2 Å². The van der Waals surface area contributed by atoms with E-state index >= 15 is 0 Å². The fraction of sp³-hybridized carbons (Fsp3) is 0.412. The second-order valence-corrected chi connectivity index (χ2v) is 5.92. The number of carboxylic acids is 1. The van der Waals surface area contributed by atoms with Gasteiger partial charge in [0.25, 0.3) is 11.8 Å². The maximum atomic E-state index is 12.5. The van der Waals surface area contributed by atoms with E-state index in [1.54, 1.807) is 25.1 Å². The molecule has 1 N–H and O–H groups in total. The molecule has 0 aromatic heterocycles. The lowest BCUT2D eigenvalue weighted by Gasteiger charge is -2.28. The molecule has 1 aromatic rings. The number of rotatable bonds is 6. The van der Waals surface area contributed by atoms with Crippen molar-refractivity contribution >= 4 is 23.7 Å². The number of nitrogens with zero attached hydrogens (tertiary/aromatic N) is 2. The Morgan fingerprint density at radius 2 is 1.83 bits per heavy atom. The van der Waals surface area contributed by atoms with Crippen LogP contribution in [0.2, 0.25) is 0 Å². The molecule has 1 unspecified atom stereocenters. The lowest BCUT2D eigenvalue weighted by Crippen LogP contribution is -2.48. The zero-order valence-corrected chi connectivity index (χ0v) is 13.9. The standard InChI is InChI=1S/C17H20N2O5/c1-4-11(3)18(9-15(21)22)14(20)8-19-16(23)12-6-5-10(2)7-13(12)17(19)24/h5-7,11H,4,8-9H2,1-3H3,(H,21,22). The first-order chi connectivity index (χ1) is 11.3. The van der Waals surface area contributed by atoms with Gasteiger partial charge in [0.1, 0.15) is 13.1 Å². The van der Waals surface area contributed by atoms with Gasteiger partial charge < -0.3 is 10.0 Å². The molecule has 1 aliphatic rings. The topological polar surface area (TPSA) is 95.0 Å². The smallest absolute Gasteiger partial charge is 0.323 e. The molecule has 0 saturated carbocycles. The van der Waals surface area contributed by atoms with Gasteiger partial charge in [-0.15, -0.1) is 0 Å². The summed E-state index contributed by atoms with van der Waals surface area (Å²) in [5, 5.41) is 8.97. The Labute approximate surface area is 139 Å². The molecular weight excluding hydrogens is 312 g/mol. The number of amides is 3. The van der Waals surface area contributed by atoms with Crippen LogP contribution in [0.25, 0.3) is 0 Å². The van der Waals surface area contributed by atoms with Crippen molar-refractivity contribution in [3.8, 4) is 0 Å². The highest BCUT2D eigenvalue weighted by Crippen LogP contribution is 2.24. The van der Waals surface area contributed by atoms with Crippen molar-refractivity contribution in [2.24, 2.45) is 0 Å². The molecule has 1 aliphatic heterocycles. The lowest BCUT2D eigenvalue weighted by atomic mass is 10.1. The van der Waals surface area contributed by atoms with Gasteiger partial charge in [0.2, 0.25) is 5.91 Å². The van der Waals surface area contributed by atoms with Crippen molar-refractivity contribution in [2.75, 3.05) is 13.1 Å². The van der Waals surface area contributed by atoms with Crippen molar-refractivity contribution in [1.29, 1.82) is 0 Å². The molecule has 0 saturated heterocycles. The fourth-order valence-electron chi connectivity index (χ4n) is 2.63. The molecule has 128 valence electrons. The van der Waals surface area contributed by atoms with Gasteiger partial charge >= 0.3 is 5.97 Å². The summed E-state index contributed by atoms with van der Waals surface area (Å²) < 4.78 is 0. The van der Waals surface area contributed by atoms with Crippen LogP contribution in [0.15, 0.2) is 18.2 Å². The van der Waals surface area contributed by atoms with Gasteiger partial charge in [-0.25, -0.2) is 0 Å². The molecule has 0 radical (unpaired) electrons. The Bertz CT molecular complexity index is 713. The van der Waals surface area contributed by atoms with Crippen LogP contribution in [0.5, 0.6) is 0 Å². The second kappa shape index (κ2) is 6.82. The first kappa shape index (κ1) is 17.7. The van der Waals surface area contributed by atoms with Gasteiger partial charge in [-0.2, -0.15) is 0 Å². The van der Waals surface area contributed by atoms with Crippen molar-refractivity contribution in [1.82, 2.24) is 9.80 Å². The first-order valence-corrected chi connectivity index (χ1v) is 7.74. The average Bonchev–Trinajstić information content (AvgIpc) is 2.76. The van der Waals surface area contributed by atoms with Gasteiger partial charge in [-0.1, -0.05) is 18.6 Å². The second-order valence-electron chi connectivity index (χ2n) is 5.92. The summed E-state index contributed by atoms with van der Waals surface area (Å²) in [5.74, 6) is -2.74. The molecule has 0 bridgehead atoms.